The molecule has 5 rings (SSSR count). The number of carbonyl (C=O) groups is 1. The number of hydrogen-bond donors (Lipinski definition) is 1. The van der Waals surface area contributed by atoms with E-state index < -0.39 is 0 Å². The highest BCUT2D eigenvalue weighted by Gasteiger charge is 2.27. The summed E-state index contributed by atoms with van der Waals surface area (Å²) in [6.07, 6.45) is 0.771. The van der Waals surface area contributed by atoms with Crippen molar-refractivity contribution in [2.24, 2.45) is 0 Å². The van der Waals surface area contributed by atoms with Gasteiger partial charge in [-0.3, -0.25) is 4.79 Å². The van der Waals surface area contributed by atoms with E-state index in [1.54, 1.807) is 11.8 Å². The molecule has 4 aromatic rings. The molecule has 0 saturated carbocycles. The van der Waals surface area contributed by atoms with E-state index in [2.05, 4.69) is 22.4 Å². The molecule has 0 saturated heterocycles. The SMILES string of the molecule is O=C(Nc1ccc(-c2nc3ccccc3o2)cc1)[C@@H]1Cc2ccccc2S1. The van der Waals surface area contributed by atoms with Crippen molar-refractivity contribution in [3.63, 3.8) is 0 Å². The van der Waals surface area contributed by atoms with E-state index in [1.807, 2.05) is 60.7 Å². The number of oxazole rings is 1. The molecule has 3 aromatic carbocycles. The van der Waals surface area contributed by atoms with Crippen LogP contribution in [0.5, 0.6) is 0 Å². The van der Waals surface area contributed by atoms with Crippen LogP contribution in [0, 0.1) is 0 Å². The van der Waals surface area contributed by atoms with E-state index in [9.17, 15) is 4.79 Å². The summed E-state index contributed by atoms with van der Waals surface area (Å²) in [5.41, 5.74) is 4.50. The molecule has 0 radical (unpaired) electrons. The molecule has 27 heavy (non-hydrogen) atoms. The fourth-order valence-corrected chi connectivity index (χ4v) is 4.44. The van der Waals surface area contributed by atoms with Crippen molar-refractivity contribution in [1.82, 2.24) is 4.98 Å². The second-order valence-electron chi connectivity index (χ2n) is 6.47. The lowest BCUT2D eigenvalue weighted by Crippen LogP contribution is -2.24. The number of thioether (sulfide) groups is 1. The standard InChI is InChI=1S/C22H16N2O2S/c25-21(20-13-15-5-1-4-8-19(15)27-20)23-16-11-9-14(10-12-16)22-24-17-6-2-3-7-18(17)26-22/h1-12,20H,13H2,(H,23,25)/t20-/m0/s1. The summed E-state index contributed by atoms with van der Waals surface area (Å²) in [5, 5.41) is 2.93. The van der Waals surface area contributed by atoms with Crippen LogP contribution in [0.3, 0.4) is 0 Å². The number of nitrogens with one attached hydrogen (secondary N) is 1. The zero-order valence-electron chi connectivity index (χ0n) is 14.4. The summed E-state index contributed by atoms with van der Waals surface area (Å²) in [6.45, 7) is 0. The van der Waals surface area contributed by atoms with Crippen LogP contribution < -0.4 is 5.32 Å². The molecule has 1 atom stereocenters. The second kappa shape index (κ2) is 6.59. The summed E-state index contributed by atoms with van der Waals surface area (Å²) in [4.78, 5) is 18.3. The fraction of sp³-hybridized carbons (Fsp3) is 0.0909. The first-order valence-electron chi connectivity index (χ1n) is 8.78. The third kappa shape index (κ3) is 3.11. The quantitative estimate of drug-likeness (QED) is 0.540. The third-order valence-electron chi connectivity index (χ3n) is 4.63. The van der Waals surface area contributed by atoms with Crippen LogP contribution in [0.25, 0.3) is 22.6 Å². The van der Waals surface area contributed by atoms with Crippen molar-refractivity contribution in [2.45, 2.75) is 16.6 Å². The number of nitrogens with zero attached hydrogens (tertiary/aromatic N) is 1. The van der Waals surface area contributed by atoms with Gasteiger partial charge in [0.05, 0.1) is 5.25 Å². The summed E-state index contributed by atoms with van der Waals surface area (Å²) >= 11 is 1.63. The predicted molar refractivity (Wildman–Crippen MR) is 108 cm³/mol. The van der Waals surface area contributed by atoms with Gasteiger partial charge < -0.3 is 9.73 Å². The fourth-order valence-electron chi connectivity index (χ4n) is 3.24. The van der Waals surface area contributed by atoms with Gasteiger partial charge in [0.15, 0.2) is 5.58 Å². The average Bonchev–Trinajstić information content (AvgIpc) is 3.32. The molecule has 132 valence electrons. The van der Waals surface area contributed by atoms with Gasteiger partial charge in [-0.05, 0) is 54.4 Å². The van der Waals surface area contributed by atoms with E-state index in [4.69, 9.17) is 4.42 Å². The molecule has 1 aromatic heterocycles. The van der Waals surface area contributed by atoms with Gasteiger partial charge in [0.25, 0.3) is 0 Å². The topological polar surface area (TPSA) is 55.1 Å². The van der Waals surface area contributed by atoms with E-state index in [1.165, 1.54) is 10.5 Å². The van der Waals surface area contributed by atoms with Crippen molar-refractivity contribution in [3.8, 4) is 11.5 Å². The second-order valence-corrected chi connectivity index (χ2v) is 7.72. The Morgan fingerprint density at radius 1 is 1.00 bits per heavy atom. The van der Waals surface area contributed by atoms with Gasteiger partial charge >= 0.3 is 0 Å². The largest absolute Gasteiger partial charge is 0.436 e. The van der Waals surface area contributed by atoms with Gasteiger partial charge in [-0.1, -0.05) is 30.3 Å². The summed E-state index contributed by atoms with van der Waals surface area (Å²) < 4.78 is 5.79. The van der Waals surface area contributed by atoms with Crippen molar-refractivity contribution in [2.75, 3.05) is 5.32 Å². The highest BCUT2D eigenvalue weighted by Crippen LogP contribution is 2.37. The number of benzene rings is 3. The molecule has 1 aliphatic rings. The molecule has 0 fully saturated rings. The van der Waals surface area contributed by atoms with Crippen LogP contribution in [-0.2, 0) is 11.2 Å². The molecule has 5 heteroatoms. The number of fused-ring (bicyclic) bond motifs is 2. The summed E-state index contributed by atoms with van der Waals surface area (Å²) in [5.74, 6) is 0.613. The van der Waals surface area contributed by atoms with Crippen molar-refractivity contribution in [1.29, 1.82) is 0 Å². The zero-order chi connectivity index (χ0) is 18.2. The number of hydrogen-bond acceptors (Lipinski definition) is 4. The monoisotopic (exact) mass is 372 g/mol. The number of carbonyl (C=O) groups excluding carboxylic acids is 1. The zero-order valence-corrected chi connectivity index (χ0v) is 15.2. The maximum atomic E-state index is 12.6. The van der Waals surface area contributed by atoms with Crippen LogP contribution in [0.15, 0.2) is 82.1 Å². The number of aromatic nitrogens is 1. The molecule has 1 aliphatic heterocycles. The van der Waals surface area contributed by atoms with Crippen LogP contribution >= 0.6 is 11.8 Å². The molecular weight excluding hydrogens is 356 g/mol. The minimum atomic E-state index is -0.0842. The van der Waals surface area contributed by atoms with Gasteiger partial charge in [0.2, 0.25) is 11.8 Å². The lowest BCUT2D eigenvalue weighted by atomic mass is 10.1. The van der Waals surface area contributed by atoms with Gasteiger partial charge in [0.1, 0.15) is 5.52 Å². The van der Waals surface area contributed by atoms with Crippen molar-refractivity contribution in [3.05, 3.63) is 78.4 Å². The Kier molecular flexibility index (Phi) is 3.94. The van der Waals surface area contributed by atoms with Crippen LogP contribution in [-0.4, -0.2) is 16.1 Å². The number of anilines is 1. The first-order valence-corrected chi connectivity index (χ1v) is 9.66. The molecule has 0 unspecified atom stereocenters. The first-order chi connectivity index (χ1) is 13.3. The highest BCUT2D eigenvalue weighted by atomic mass is 32.2. The Hall–Kier alpha value is -3.05. The van der Waals surface area contributed by atoms with Crippen LogP contribution in [0.2, 0.25) is 0 Å². The maximum absolute atomic E-state index is 12.6. The Morgan fingerprint density at radius 2 is 1.78 bits per heavy atom. The number of rotatable bonds is 3. The van der Waals surface area contributed by atoms with E-state index >= 15 is 0 Å². The Morgan fingerprint density at radius 3 is 2.59 bits per heavy atom. The Balaban J connectivity index is 1.30. The number of para-hydroxylation sites is 2. The maximum Gasteiger partial charge on any atom is 0.238 e. The lowest BCUT2D eigenvalue weighted by Gasteiger charge is -2.10. The highest BCUT2D eigenvalue weighted by molar-refractivity contribution is 8.01. The van der Waals surface area contributed by atoms with Crippen LogP contribution in [0.1, 0.15) is 5.56 Å². The summed E-state index contributed by atoms with van der Waals surface area (Å²) in [6, 6.07) is 23.5. The van der Waals surface area contributed by atoms with E-state index in [0.717, 1.165) is 28.8 Å². The average molecular weight is 372 g/mol. The lowest BCUT2D eigenvalue weighted by molar-refractivity contribution is -0.115. The van der Waals surface area contributed by atoms with Crippen molar-refractivity contribution >= 4 is 34.5 Å². The van der Waals surface area contributed by atoms with Gasteiger partial charge in [0, 0.05) is 16.1 Å². The van der Waals surface area contributed by atoms with E-state index in [0.29, 0.717) is 5.89 Å². The molecule has 0 aliphatic carbocycles. The smallest absolute Gasteiger partial charge is 0.238 e. The Labute approximate surface area is 160 Å². The predicted octanol–water partition coefficient (Wildman–Crippen LogP) is 5.15. The van der Waals surface area contributed by atoms with Gasteiger partial charge in [-0.25, -0.2) is 4.98 Å². The minimum absolute atomic E-state index is 0.0332. The molecule has 2 heterocycles. The van der Waals surface area contributed by atoms with Crippen LogP contribution in [0.4, 0.5) is 5.69 Å². The summed E-state index contributed by atoms with van der Waals surface area (Å²) in [7, 11) is 0. The van der Waals surface area contributed by atoms with Gasteiger partial charge in [-0.15, -0.1) is 11.8 Å². The molecule has 1 amide bonds. The normalized spacial score (nSPS) is 15.6. The molecule has 1 N–H and O–H groups in total. The molecule has 0 bridgehead atoms. The molecule has 4 nitrogen and oxygen atoms in total. The molecule has 0 spiro atoms. The van der Waals surface area contributed by atoms with Gasteiger partial charge in [-0.2, -0.15) is 0 Å². The van der Waals surface area contributed by atoms with Crippen molar-refractivity contribution < 1.29 is 9.21 Å². The Bertz CT molecular complexity index is 1080. The van der Waals surface area contributed by atoms with E-state index in [-0.39, 0.29) is 11.2 Å². The first kappa shape index (κ1) is 16.1. The minimum Gasteiger partial charge on any atom is -0.436 e. The molecular formula is C22H16N2O2S. The number of amides is 1. The third-order valence-corrected chi connectivity index (χ3v) is 5.95.